The van der Waals surface area contributed by atoms with Gasteiger partial charge < -0.3 is 19.3 Å². The van der Waals surface area contributed by atoms with E-state index in [1.54, 1.807) is 13.8 Å². The Morgan fingerprint density at radius 2 is 0.865 bits per heavy atom. The van der Waals surface area contributed by atoms with Crippen molar-refractivity contribution < 1.29 is 33.7 Å². The first-order valence-electron chi connectivity index (χ1n) is 14.2. The zero-order valence-electron chi connectivity index (χ0n) is 25.8. The summed E-state index contributed by atoms with van der Waals surface area (Å²) in [6.07, 6.45) is 3.89. The van der Waals surface area contributed by atoms with Gasteiger partial charge >= 0.3 is 17.9 Å². The van der Waals surface area contributed by atoms with Crippen LogP contribution in [0.4, 0.5) is 0 Å². The second-order valence-electron chi connectivity index (χ2n) is 12.6. The van der Waals surface area contributed by atoms with Crippen molar-refractivity contribution in [3.05, 3.63) is 0 Å². The highest BCUT2D eigenvalue weighted by Gasteiger charge is 2.48. The number of aliphatic hydroxyl groups is 1. The molecule has 0 amide bonds. The van der Waals surface area contributed by atoms with E-state index >= 15 is 0 Å². The number of rotatable bonds is 17. The number of hydrogen-bond acceptors (Lipinski definition) is 7. The number of esters is 3. The van der Waals surface area contributed by atoms with Crippen LogP contribution in [0, 0.1) is 17.8 Å². The van der Waals surface area contributed by atoms with E-state index in [-0.39, 0.29) is 17.8 Å². The molecule has 7 nitrogen and oxygen atoms in total. The Balaban J connectivity index is 5.94. The summed E-state index contributed by atoms with van der Waals surface area (Å²) in [6.45, 7) is 22.9. The molecule has 218 valence electrons. The Bertz CT molecular complexity index is 698. The normalized spacial score (nSPS) is 16.8. The van der Waals surface area contributed by atoms with E-state index in [9.17, 15) is 19.5 Å². The van der Waals surface area contributed by atoms with E-state index in [1.807, 2.05) is 55.4 Å². The minimum Gasteiger partial charge on any atom is -0.459 e. The van der Waals surface area contributed by atoms with Crippen molar-refractivity contribution in [1.29, 1.82) is 0 Å². The molecule has 3 atom stereocenters. The molecule has 0 saturated carbocycles. The van der Waals surface area contributed by atoms with Crippen molar-refractivity contribution in [2.24, 2.45) is 17.8 Å². The molecule has 0 aromatic heterocycles. The molecule has 37 heavy (non-hydrogen) atoms. The third kappa shape index (κ3) is 11.3. The standard InChI is InChI=1S/C30H56O7/c1-13-16-21(4)27(7,8)35-24(31)19-30(34,26(33)37-29(11,12)23(6)18-15-3)20-25(32)36-28(9,10)22(5)17-14-2/h21-23,34H,13-20H2,1-12H3. The summed E-state index contributed by atoms with van der Waals surface area (Å²) < 4.78 is 17.2. The van der Waals surface area contributed by atoms with Gasteiger partial charge in [0.2, 0.25) is 0 Å². The third-order valence-corrected chi connectivity index (χ3v) is 8.09. The molecule has 0 aliphatic heterocycles. The van der Waals surface area contributed by atoms with Gasteiger partial charge in [0.1, 0.15) is 16.8 Å². The zero-order valence-corrected chi connectivity index (χ0v) is 25.8. The lowest BCUT2D eigenvalue weighted by Crippen LogP contribution is -2.50. The Morgan fingerprint density at radius 1 is 0.595 bits per heavy atom. The minimum absolute atomic E-state index is 0.00672. The molecular formula is C30H56O7. The van der Waals surface area contributed by atoms with Crippen LogP contribution in [-0.2, 0) is 28.6 Å². The lowest BCUT2D eigenvalue weighted by atomic mass is 9.87. The van der Waals surface area contributed by atoms with Gasteiger partial charge in [0.05, 0.1) is 12.8 Å². The fraction of sp³-hybridized carbons (Fsp3) is 0.900. The molecule has 0 spiro atoms. The van der Waals surface area contributed by atoms with Crippen molar-refractivity contribution in [3.8, 4) is 0 Å². The average Bonchev–Trinajstić information content (AvgIpc) is 2.72. The Morgan fingerprint density at radius 3 is 1.14 bits per heavy atom. The molecule has 0 heterocycles. The molecule has 0 radical (unpaired) electrons. The third-order valence-electron chi connectivity index (χ3n) is 8.09. The smallest absolute Gasteiger partial charge is 0.339 e. The first-order chi connectivity index (χ1) is 16.8. The highest BCUT2D eigenvalue weighted by atomic mass is 16.6. The van der Waals surface area contributed by atoms with Crippen LogP contribution < -0.4 is 0 Å². The van der Waals surface area contributed by atoms with Gasteiger partial charge in [0.25, 0.3) is 0 Å². The number of carbonyl (C=O) groups is 3. The van der Waals surface area contributed by atoms with Crippen molar-refractivity contribution in [2.45, 2.75) is 157 Å². The van der Waals surface area contributed by atoms with Gasteiger partial charge in [-0.15, -0.1) is 0 Å². The Kier molecular flexibility index (Phi) is 13.9. The van der Waals surface area contributed by atoms with Gasteiger partial charge in [0.15, 0.2) is 5.60 Å². The molecule has 0 aliphatic rings. The molecule has 0 fully saturated rings. The van der Waals surface area contributed by atoms with Crippen molar-refractivity contribution in [2.75, 3.05) is 0 Å². The zero-order chi connectivity index (χ0) is 29.2. The van der Waals surface area contributed by atoms with Crippen LogP contribution in [0.1, 0.15) is 134 Å². The van der Waals surface area contributed by atoms with Crippen molar-refractivity contribution in [1.82, 2.24) is 0 Å². The van der Waals surface area contributed by atoms with E-state index < -0.39 is 53.2 Å². The van der Waals surface area contributed by atoms with Gasteiger partial charge in [-0.2, -0.15) is 0 Å². The van der Waals surface area contributed by atoms with Crippen molar-refractivity contribution in [3.63, 3.8) is 0 Å². The maximum absolute atomic E-state index is 13.4. The molecule has 0 rings (SSSR count). The highest BCUT2D eigenvalue weighted by molar-refractivity contribution is 5.90. The summed E-state index contributed by atoms with van der Waals surface area (Å²) in [5.74, 6) is -2.40. The van der Waals surface area contributed by atoms with Crippen LogP contribution in [-0.4, -0.2) is 45.4 Å². The van der Waals surface area contributed by atoms with E-state index in [0.717, 1.165) is 38.5 Å². The molecule has 1 N–H and O–H groups in total. The predicted molar refractivity (Wildman–Crippen MR) is 147 cm³/mol. The number of carbonyl (C=O) groups excluding carboxylic acids is 3. The molecular weight excluding hydrogens is 472 g/mol. The minimum atomic E-state index is -2.41. The lowest BCUT2D eigenvalue weighted by Gasteiger charge is -2.37. The van der Waals surface area contributed by atoms with Crippen LogP contribution >= 0.6 is 0 Å². The van der Waals surface area contributed by atoms with E-state index in [0.29, 0.717) is 0 Å². The summed E-state index contributed by atoms with van der Waals surface area (Å²) in [5, 5.41) is 11.5. The molecule has 0 aliphatic carbocycles. The van der Waals surface area contributed by atoms with Crippen LogP contribution in [0.25, 0.3) is 0 Å². The SMILES string of the molecule is CCCC(C)C(C)(C)OC(=O)CC(O)(CC(=O)OC(C)(C)C(C)CCC)C(=O)OC(C)(C)C(C)CCC. The highest BCUT2D eigenvalue weighted by Crippen LogP contribution is 2.32. The number of ether oxygens (including phenoxy) is 3. The van der Waals surface area contributed by atoms with Crippen molar-refractivity contribution >= 4 is 17.9 Å². The summed E-state index contributed by atoms with van der Waals surface area (Å²) >= 11 is 0. The maximum atomic E-state index is 13.4. The largest absolute Gasteiger partial charge is 0.459 e. The molecule has 0 saturated heterocycles. The molecule has 0 bridgehead atoms. The Labute approximate surface area is 226 Å². The summed E-state index contributed by atoms with van der Waals surface area (Å²) in [5.41, 5.74) is -4.92. The van der Waals surface area contributed by atoms with Crippen LogP contribution in [0.15, 0.2) is 0 Å². The van der Waals surface area contributed by atoms with Crippen LogP contribution in [0.3, 0.4) is 0 Å². The molecule has 7 heteroatoms. The second kappa shape index (κ2) is 14.5. The summed E-state index contributed by atoms with van der Waals surface area (Å²) in [6, 6.07) is 0. The second-order valence-corrected chi connectivity index (χ2v) is 12.6. The first-order valence-corrected chi connectivity index (χ1v) is 14.2. The van der Waals surface area contributed by atoms with Gasteiger partial charge in [-0.25, -0.2) is 4.79 Å². The van der Waals surface area contributed by atoms with Gasteiger partial charge in [-0.3, -0.25) is 9.59 Å². The first kappa shape index (κ1) is 35.4. The molecule has 0 aromatic carbocycles. The monoisotopic (exact) mass is 528 g/mol. The predicted octanol–water partition coefficient (Wildman–Crippen LogP) is 6.77. The molecule has 3 unspecified atom stereocenters. The maximum Gasteiger partial charge on any atom is 0.339 e. The van der Waals surface area contributed by atoms with Crippen LogP contribution in [0.5, 0.6) is 0 Å². The fourth-order valence-corrected chi connectivity index (χ4v) is 4.32. The van der Waals surface area contributed by atoms with Gasteiger partial charge in [-0.05, 0) is 78.6 Å². The topological polar surface area (TPSA) is 99.1 Å². The fourth-order valence-electron chi connectivity index (χ4n) is 4.32. The molecule has 0 aromatic rings. The van der Waals surface area contributed by atoms with E-state index in [2.05, 4.69) is 13.8 Å². The summed E-state index contributed by atoms with van der Waals surface area (Å²) in [7, 11) is 0. The van der Waals surface area contributed by atoms with Gasteiger partial charge in [-0.1, -0.05) is 60.8 Å². The van der Waals surface area contributed by atoms with Gasteiger partial charge in [0, 0.05) is 0 Å². The van der Waals surface area contributed by atoms with Crippen LogP contribution in [0.2, 0.25) is 0 Å². The quantitative estimate of drug-likeness (QED) is 0.164. The number of hydrogen-bond donors (Lipinski definition) is 1. The lowest BCUT2D eigenvalue weighted by molar-refractivity contribution is -0.196. The average molecular weight is 529 g/mol. The van der Waals surface area contributed by atoms with E-state index in [1.165, 1.54) is 0 Å². The van der Waals surface area contributed by atoms with E-state index in [4.69, 9.17) is 14.2 Å². The summed E-state index contributed by atoms with van der Waals surface area (Å²) in [4.78, 5) is 39.4. The Hall–Kier alpha value is -1.63.